The van der Waals surface area contributed by atoms with Crippen LogP contribution < -0.4 is 5.32 Å². The number of ether oxygens (including phenoxy) is 1. The number of esters is 1. The summed E-state index contributed by atoms with van der Waals surface area (Å²) in [5.74, 6) is 0.346. The van der Waals surface area contributed by atoms with E-state index in [0.717, 1.165) is 24.9 Å². The Morgan fingerprint density at radius 3 is 2.84 bits per heavy atom. The SMILES string of the molecule is CCOC(=O)C1(Nc2ccccc2Cl)CCC(C)C1. The van der Waals surface area contributed by atoms with Gasteiger partial charge in [0.15, 0.2) is 0 Å². The van der Waals surface area contributed by atoms with Crippen molar-refractivity contribution in [1.29, 1.82) is 0 Å². The van der Waals surface area contributed by atoms with E-state index in [2.05, 4.69) is 12.2 Å². The van der Waals surface area contributed by atoms with Crippen molar-refractivity contribution in [1.82, 2.24) is 0 Å². The van der Waals surface area contributed by atoms with Crippen molar-refractivity contribution in [3.63, 3.8) is 0 Å². The Labute approximate surface area is 119 Å². The maximum absolute atomic E-state index is 12.3. The van der Waals surface area contributed by atoms with Crippen LogP contribution in [0.2, 0.25) is 5.02 Å². The highest BCUT2D eigenvalue weighted by Crippen LogP contribution is 2.39. The number of benzene rings is 1. The van der Waals surface area contributed by atoms with Crippen LogP contribution in [0.4, 0.5) is 5.69 Å². The second-order valence-corrected chi connectivity index (χ2v) is 5.66. The molecule has 0 aliphatic heterocycles. The third-order valence-electron chi connectivity index (χ3n) is 3.67. The molecule has 0 heterocycles. The lowest BCUT2D eigenvalue weighted by molar-refractivity contribution is -0.148. The summed E-state index contributed by atoms with van der Waals surface area (Å²) in [7, 11) is 0. The molecular weight excluding hydrogens is 262 g/mol. The second kappa shape index (κ2) is 5.83. The Kier molecular flexibility index (Phi) is 4.35. The van der Waals surface area contributed by atoms with Gasteiger partial charge >= 0.3 is 5.97 Å². The monoisotopic (exact) mass is 281 g/mol. The lowest BCUT2D eigenvalue weighted by Gasteiger charge is -2.29. The minimum absolute atomic E-state index is 0.167. The highest BCUT2D eigenvalue weighted by molar-refractivity contribution is 6.33. The van der Waals surface area contributed by atoms with E-state index in [-0.39, 0.29) is 5.97 Å². The van der Waals surface area contributed by atoms with Gasteiger partial charge in [-0.3, -0.25) is 0 Å². The van der Waals surface area contributed by atoms with Crippen LogP contribution in [0.3, 0.4) is 0 Å². The zero-order valence-electron chi connectivity index (χ0n) is 11.4. The zero-order chi connectivity index (χ0) is 13.9. The van der Waals surface area contributed by atoms with Gasteiger partial charge in [-0.25, -0.2) is 4.79 Å². The van der Waals surface area contributed by atoms with Crippen molar-refractivity contribution >= 4 is 23.3 Å². The van der Waals surface area contributed by atoms with Crippen LogP contribution in [0.15, 0.2) is 24.3 Å². The molecule has 1 aromatic rings. The van der Waals surface area contributed by atoms with Gasteiger partial charge in [-0.1, -0.05) is 30.7 Å². The molecule has 1 N–H and O–H groups in total. The summed E-state index contributed by atoms with van der Waals surface area (Å²) >= 11 is 6.17. The molecule has 1 aliphatic carbocycles. The second-order valence-electron chi connectivity index (χ2n) is 5.26. The van der Waals surface area contributed by atoms with Crippen LogP contribution in [0, 0.1) is 5.92 Å². The first-order chi connectivity index (χ1) is 9.07. The van der Waals surface area contributed by atoms with Crippen molar-refractivity contribution in [3.05, 3.63) is 29.3 Å². The maximum atomic E-state index is 12.3. The molecule has 1 aromatic carbocycles. The third kappa shape index (κ3) is 3.03. The molecule has 1 fully saturated rings. The molecule has 104 valence electrons. The molecule has 1 saturated carbocycles. The quantitative estimate of drug-likeness (QED) is 0.852. The molecule has 0 saturated heterocycles. The van der Waals surface area contributed by atoms with Crippen molar-refractivity contribution < 1.29 is 9.53 Å². The van der Waals surface area contributed by atoms with E-state index in [0.29, 0.717) is 17.5 Å². The van der Waals surface area contributed by atoms with Gasteiger partial charge in [0.05, 0.1) is 17.3 Å². The number of nitrogens with one attached hydrogen (secondary N) is 1. The van der Waals surface area contributed by atoms with Gasteiger partial charge in [-0.05, 0) is 44.2 Å². The summed E-state index contributed by atoms with van der Waals surface area (Å²) < 4.78 is 5.25. The molecule has 2 atom stereocenters. The predicted octanol–water partition coefficient (Wildman–Crippen LogP) is 3.87. The lowest BCUT2D eigenvalue weighted by Crippen LogP contribution is -2.45. The molecule has 2 unspecified atom stereocenters. The number of carbonyl (C=O) groups excluding carboxylic acids is 1. The molecule has 0 radical (unpaired) electrons. The summed E-state index contributed by atoms with van der Waals surface area (Å²) in [6.45, 7) is 4.40. The third-order valence-corrected chi connectivity index (χ3v) is 4.00. The molecule has 4 heteroatoms. The van der Waals surface area contributed by atoms with Crippen LogP contribution in [-0.2, 0) is 9.53 Å². The van der Waals surface area contributed by atoms with Gasteiger partial charge in [0.2, 0.25) is 0 Å². The first-order valence-electron chi connectivity index (χ1n) is 6.77. The average Bonchev–Trinajstić information content (AvgIpc) is 2.75. The summed E-state index contributed by atoms with van der Waals surface area (Å²) in [5.41, 5.74) is 0.173. The van der Waals surface area contributed by atoms with Crippen molar-refractivity contribution in [2.24, 2.45) is 5.92 Å². The summed E-state index contributed by atoms with van der Waals surface area (Å²) in [5, 5.41) is 3.96. The summed E-state index contributed by atoms with van der Waals surface area (Å²) in [6, 6.07) is 7.50. The number of hydrogen-bond donors (Lipinski definition) is 1. The molecular formula is C15H20ClNO2. The van der Waals surface area contributed by atoms with E-state index in [1.54, 1.807) is 0 Å². The van der Waals surface area contributed by atoms with Crippen LogP contribution in [0.1, 0.15) is 33.1 Å². The number of rotatable bonds is 4. The van der Waals surface area contributed by atoms with E-state index in [1.807, 2.05) is 31.2 Å². The Morgan fingerprint density at radius 2 is 2.26 bits per heavy atom. The summed E-state index contributed by atoms with van der Waals surface area (Å²) in [6.07, 6.45) is 2.60. The van der Waals surface area contributed by atoms with Crippen LogP contribution in [0.25, 0.3) is 0 Å². The highest BCUT2D eigenvalue weighted by Gasteiger charge is 2.45. The van der Waals surface area contributed by atoms with E-state index in [4.69, 9.17) is 16.3 Å². The fourth-order valence-corrected chi connectivity index (χ4v) is 2.91. The number of halogens is 1. The Morgan fingerprint density at radius 1 is 1.53 bits per heavy atom. The van der Waals surface area contributed by atoms with Gasteiger partial charge in [-0.2, -0.15) is 0 Å². The van der Waals surface area contributed by atoms with Gasteiger partial charge in [0, 0.05) is 0 Å². The van der Waals surface area contributed by atoms with E-state index in [9.17, 15) is 4.79 Å². The smallest absolute Gasteiger partial charge is 0.331 e. The number of anilines is 1. The molecule has 0 amide bonds. The van der Waals surface area contributed by atoms with Crippen LogP contribution in [0.5, 0.6) is 0 Å². The number of carbonyl (C=O) groups is 1. The first-order valence-corrected chi connectivity index (χ1v) is 7.15. The fraction of sp³-hybridized carbons (Fsp3) is 0.533. The molecule has 2 rings (SSSR count). The largest absolute Gasteiger partial charge is 0.464 e. The fourth-order valence-electron chi connectivity index (χ4n) is 2.73. The Hall–Kier alpha value is -1.22. The molecule has 1 aliphatic rings. The Bertz CT molecular complexity index is 463. The highest BCUT2D eigenvalue weighted by atomic mass is 35.5. The lowest BCUT2D eigenvalue weighted by atomic mass is 9.95. The molecule has 0 bridgehead atoms. The maximum Gasteiger partial charge on any atom is 0.331 e. The number of hydrogen-bond acceptors (Lipinski definition) is 3. The van der Waals surface area contributed by atoms with Gasteiger partial charge in [0.1, 0.15) is 5.54 Å². The zero-order valence-corrected chi connectivity index (χ0v) is 12.2. The Balaban J connectivity index is 2.24. The van der Waals surface area contributed by atoms with Crippen molar-refractivity contribution in [2.45, 2.75) is 38.6 Å². The topological polar surface area (TPSA) is 38.3 Å². The molecule has 0 aromatic heterocycles. The van der Waals surface area contributed by atoms with Gasteiger partial charge in [0.25, 0.3) is 0 Å². The standard InChI is InChI=1S/C15H20ClNO2/c1-3-19-14(18)15(9-8-11(2)10-15)17-13-7-5-4-6-12(13)16/h4-7,11,17H,3,8-10H2,1-2H3. The van der Waals surface area contributed by atoms with Gasteiger partial charge < -0.3 is 10.1 Å². The number of para-hydroxylation sites is 1. The van der Waals surface area contributed by atoms with Crippen molar-refractivity contribution in [3.8, 4) is 0 Å². The average molecular weight is 282 g/mol. The van der Waals surface area contributed by atoms with E-state index >= 15 is 0 Å². The van der Waals surface area contributed by atoms with E-state index in [1.165, 1.54) is 0 Å². The minimum atomic E-state index is -0.625. The predicted molar refractivity (Wildman–Crippen MR) is 77.5 cm³/mol. The molecule has 3 nitrogen and oxygen atoms in total. The minimum Gasteiger partial charge on any atom is -0.464 e. The van der Waals surface area contributed by atoms with Crippen LogP contribution >= 0.6 is 11.6 Å². The van der Waals surface area contributed by atoms with E-state index < -0.39 is 5.54 Å². The summed E-state index contributed by atoms with van der Waals surface area (Å²) in [4.78, 5) is 12.3. The normalized spacial score (nSPS) is 26.2. The first kappa shape index (κ1) is 14.2. The van der Waals surface area contributed by atoms with Gasteiger partial charge in [-0.15, -0.1) is 0 Å². The molecule has 19 heavy (non-hydrogen) atoms. The van der Waals surface area contributed by atoms with Crippen LogP contribution in [-0.4, -0.2) is 18.1 Å². The molecule has 0 spiro atoms. The van der Waals surface area contributed by atoms with Crippen molar-refractivity contribution in [2.75, 3.05) is 11.9 Å².